The average molecular weight is 239 g/mol. The molecular weight excluding hydrogens is 214 g/mol. The number of carbonyl (C=O) groups excluding carboxylic acids is 1. The molecule has 1 atom stereocenters. The molecule has 2 fully saturated rings. The largest absolute Gasteiger partial charge is 0.396 e. The van der Waals surface area contributed by atoms with Crippen molar-refractivity contribution in [2.45, 2.75) is 51.4 Å². The summed E-state index contributed by atoms with van der Waals surface area (Å²) < 4.78 is 0. The van der Waals surface area contributed by atoms with Gasteiger partial charge in [0.15, 0.2) is 0 Å². The number of likely N-dealkylation sites (tertiary alicyclic amines) is 1. The fourth-order valence-electron chi connectivity index (χ4n) is 3.17. The van der Waals surface area contributed by atoms with Crippen LogP contribution >= 0.6 is 0 Å². The lowest BCUT2D eigenvalue weighted by Gasteiger charge is -2.22. The van der Waals surface area contributed by atoms with Gasteiger partial charge in [-0.3, -0.25) is 4.79 Å². The number of hydrogen-bond acceptors (Lipinski definition) is 2. The molecule has 1 aliphatic carbocycles. The van der Waals surface area contributed by atoms with E-state index in [0.29, 0.717) is 11.8 Å². The third-order valence-corrected chi connectivity index (χ3v) is 4.39. The highest BCUT2D eigenvalue weighted by molar-refractivity contribution is 5.76. The van der Waals surface area contributed by atoms with Crippen LogP contribution < -0.4 is 0 Å². The van der Waals surface area contributed by atoms with E-state index in [0.717, 1.165) is 38.3 Å². The van der Waals surface area contributed by atoms with Gasteiger partial charge in [0.2, 0.25) is 5.91 Å². The number of aliphatic hydroxyl groups excluding tert-OH is 1. The van der Waals surface area contributed by atoms with E-state index in [1.165, 1.54) is 32.1 Å². The lowest BCUT2D eigenvalue weighted by Crippen LogP contribution is -2.29. The van der Waals surface area contributed by atoms with E-state index in [1.54, 1.807) is 0 Å². The smallest absolute Gasteiger partial charge is 0.222 e. The normalized spacial score (nSPS) is 26.4. The molecule has 1 amide bonds. The highest BCUT2D eigenvalue weighted by Crippen LogP contribution is 2.28. The van der Waals surface area contributed by atoms with Crippen molar-refractivity contribution in [3.05, 3.63) is 0 Å². The molecule has 1 aliphatic heterocycles. The minimum Gasteiger partial charge on any atom is -0.396 e. The van der Waals surface area contributed by atoms with Crippen molar-refractivity contribution in [2.75, 3.05) is 19.7 Å². The molecule has 3 nitrogen and oxygen atoms in total. The van der Waals surface area contributed by atoms with E-state index < -0.39 is 0 Å². The summed E-state index contributed by atoms with van der Waals surface area (Å²) in [5.41, 5.74) is 0. The van der Waals surface area contributed by atoms with Crippen LogP contribution in [0.3, 0.4) is 0 Å². The van der Waals surface area contributed by atoms with Crippen molar-refractivity contribution in [3.8, 4) is 0 Å². The number of hydrogen-bond donors (Lipinski definition) is 1. The van der Waals surface area contributed by atoms with Gasteiger partial charge in [-0.1, -0.05) is 32.1 Å². The van der Waals surface area contributed by atoms with Gasteiger partial charge in [-0.2, -0.15) is 0 Å². The van der Waals surface area contributed by atoms with E-state index in [9.17, 15) is 4.79 Å². The highest BCUT2D eigenvalue weighted by Gasteiger charge is 2.25. The van der Waals surface area contributed by atoms with Gasteiger partial charge in [0, 0.05) is 32.0 Å². The summed E-state index contributed by atoms with van der Waals surface area (Å²) in [7, 11) is 0. The van der Waals surface area contributed by atoms with Gasteiger partial charge in [-0.05, 0) is 18.8 Å². The monoisotopic (exact) mass is 239 g/mol. The van der Waals surface area contributed by atoms with E-state index in [2.05, 4.69) is 0 Å². The molecule has 0 aromatic carbocycles. The Morgan fingerprint density at radius 3 is 2.53 bits per heavy atom. The molecule has 1 saturated heterocycles. The number of rotatable bonds is 4. The highest BCUT2D eigenvalue weighted by atomic mass is 16.3. The first kappa shape index (κ1) is 12.9. The van der Waals surface area contributed by atoms with Crippen molar-refractivity contribution in [2.24, 2.45) is 11.8 Å². The Balaban J connectivity index is 1.66. The summed E-state index contributed by atoms with van der Waals surface area (Å²) in [5.74, 6) is 1.43. The van der Waals surface area contributed by atoms with Gasteiger partial charge in [0.1, 0.15) is 0 Å². The van der Waals surface area contributed by atoms with Gasteiger partial charge in [-0.25, -0.2) is 0 Å². The maximum absolute atomic E-state index is 12.0. The molecule has 0 aromatic rings. The molecule has 2 rings (SSSR count). The molecule has 1 saturated carbocycles. The second-order valence-electron chi connectivity index (χ2n) is 5.72. The predicted octanol–water partition coefficient (Wildman–Crippen LogP) is 2.19. The van der Waals surface area contributed by atoms with Gasteiger partial charge >= 0.3 is 0 Å². The zero-order chi connectivity index (χ0) is 12.1. The zero-order valence-electron chi connectivity index (χ0n) is 10.7. The SMILES string of the molecule is O=C(CCC1CCCCC1)N1CC[C@H](CO)C1. The Bertz CT molecular complexity index is 249. The number of amides is 1. The van der Waals surface area contributed by atoms with Crippen LogP contribution in [0.15, 0.2) is 0 Å². The molecule has 0 unspecified atom stereocenters. The fourth-order valence-corrected chi connectivity index (χ4v) is 3.17. The third-order valence-electron chi connectivity index (χ3n) is 4.39. The number of aliphatic hydroxyl groups is 1. The summed E-state index contributed by atoms with van der Waals surface area (Å²) >= 11 is 0. The molecule has 0 bridgehead atoms. The molecule has 1 N–H and O–H groups in total. The van der Waals surface area contributed by atoms with Crippen LogP contribution in [0.4, 0.5) is 0 Å². The standard InChI is InChI=1S/C14H25NO2/c16-11-13-8-9-15(10-13)14(17)7-6-12-4-2-1-3-5-12/h12-13,16H,1-11H2/t13-/m0/s1. The molecule has 17 heavy (non-hydrogen) atoms. The van der Waals surface area contributed by atoms with E-state index in [-0.39, 0.29) is 6.61 Å². The summed E-state index contributed by atoms with van der Waals surface area (Å²) in [6.45, 7) is 1.86. The van der Waals surface area contributed by atoms with Crippen LogP contribution in [0.2, 0.25) is 0 Å². The fraction of sp³-hybridized carbons (Fsp3) is 0.929. The molecule has 0 aromatic heterocycles. The minimum atomic E-state index is 0.229. The van der Waals surface area contributed by atoms with Crippen LogP contribution in [-0.4, -0.2) is 35.6 Å². The maximum atomic E-state index is 12.0. The van der Waals surface area contributed by atoms with E-state index in [1.807, 2.05) is 4.90 Å². The Labute approximate surface area is 104 Å². The van der Waals surface area contributed by atoms with Crippen LogP contribution in [-0.2, 0) is 4.79 Å². The molecule has 1 heterocycles. The van der Waals surface area contributed by atoms with Crippen LogP contribution in [0.1, 0.15) is 51.4 Å². The van der Waals surface area contributed by atoms with Crippen molar-refractivity contribution in [3.63, 3.8) is 0 Å². The van der Waals surface area contributed by atoms with Gasteiger partial charge in [-0.15, -0.1) is 0 Å². The average Bonchev–Trinajstić information content (AvgIpc) is 2.86. The van der Waals surface area contributed by atoms with E-state index in [4.69, 9.17) is 5.11 Å². The number of carbonyl (C=O) groups is 1. The first-order valence-corrected chi connectivity index (χ1v) is 7.18. The zero-order valence-corrected chi connectivity index (χ0v) is 10.7. The molecule has 0 spiro atoms. The minimum absolute atomic E-state index is 0.229. The van der Waals surface area contributed by atoms with Gasteiger partial charge < -0.3 is 10.0 Å². The summed E-state index contributed by atoms with van der Waals surface area (Å²) in [6.07, 6.45) is 9.53. The predicted molar refractivity (Wildman–Crippen MR) is 67.6 cm³/mol. The van der Waals surface area contributed by atoms with Crippen molar-refractivity contribution in [1.82, 2.24) is 4.90 Å². The second kappa shape index (κ2) is 6.39. The lowest BCUT2D eigenvalue weighted by molar-refractivity contribution is -0.130. The molecule has 0 radical (unpaired) electrons. The summed E-state index contributed by atoms with van der Waals surface area (Å²) in [5, 5.41) is 9.06. The molecule has 2 aliphatic rings. The molecular formula is C14H25NO2. The van der Waals surface area contributed by atoms with Crippen LogP contribution in [0.5, 0.6) is 0 Å². The quantitative estimate of drug-likeness (QED) is 0.817. The van der Waals surface area contributed by atoms with Gasteiger partial charge in [0.05, 0.1) is 0 Å². The van der Waals surface area contributed by atoms with Crippen LogP contribution in [0, 0.1) is 11.8 Å². The Hall–Kier alpha value is -0.570. The summed E-state index contributed by atoms with van der Waals surface area (Å²) in [4.78, 5) is 13.9. The van der Waals surface area contributed by atoms with Crippen molar-refractivity contribution in [1.29, 1.82) is 0 Å². The van der Waals surface area contributed by atoms with Crippen molar-refractivity contribution < 1.29 is 9.90 Å². The lowest BCUT2D eigenvalue weighted by atomic mass is 9.86. The second-order valence-corrected chi connectivity index (χ2v) is 5.72. The Morgan fingerprint density at radius 1 is 1.12 bits per heavy atom. The third kappa shape index (κ3) is 3.70. The van der Waals surface area contributed by atoms with Crippen molar-refractivity contribution >= 4 is 5.91 Å². The molecule has 3 heteroatoms. The van der Waals surface area contributed by atoms with E-state index >= 15 is 0 Å². The first-order valence-electron chi connectivity index (χ1n) is 7.18. The number of nitrogens with zero attached hydrogens (tertiary/aromatic N) is 1. The first-order chi connectivity index (χ1) is 8.29. The summed E-state index contributed by atoms with van der Waals surface area (Å²) in [6, 6.07) is 0. The Morgan fingerprint density at radius 2 is 1.88 bits per heavy atom. The Kier molecular flexibility index (Phi) is 4.84. The topological polar surface area (TPSA) is 40.5 Å². The maximum Gasteiger partial charge on any atom is 0.222 e. The van der Waals surface area contributed by atoms with Gasteiger partial charge in [0.25, 0.3) is 0 Å². The molecule has 98 valence electrons. The van der Waals surface area contributed by atoms with Crippen LogP contribution in [0.25, 0.3) is 0 Å².